The average Bonchev–Trinajstić information content (AvgIpc) is 3.43. The first-order valence-electron chi connectivity index (χ1n) is 14.0. The Balaban J connectivity index is 1.26. The molecule has 0 bridgehead atoms. The Bertz CT molecular complexity index is 1580. The number of hydrogen-bond acceptors (Lipinski definition) is 5. The van der Waals surface area contributed by atoms with Crippen LogP contribution in [-0.4, -0.2) is 47.6 Å². The highest BCUT2D eigenvalue weighted by atomic mass is 35.5. The number of hydrogen-bond donors (Lipinski definition) is 2. The summed E-state index contributed by atoms with van der Waals surface area (Å²) in [5, 5.41) is 15.0. The molecule has 6 rings (SSSR count). The lowest BCUT2D eigenvalue weighted by Crippen LogP contribution is -2.44. The van der Waals surface area contributed by atoms with Crippen molar-refractivity contribution in [1.82, 2.24) is 20.2 Å². The minimum Gasteiger partial charge on any atom is -0.454 e. The summed E-state index contributed by atoms with van der Waals surface area (Å²) in [4.78, 5) is 10.1. The normalized spacial score (nSPS) is 20.0. The van der Waals surface area contributed by atoms with Crippen molar-refractivity contribution in [2.45, 2.75) is 32.6 Å². The van der Waals surface area contributed by atoms with E-state index in [0.29, 0.717) is 17.1 Å². The number of nitriles is 1. The third-order valence-corrected chi connectivity index (χ3v) is 8.53. The van der Waals surface area contributed by atoms with Gasteiger partial charge >= 0.3 is 0 Å². The van der Waals surface area contributed by atoms with Crippen molar-refractivity contribution in [2.24, 2.45) is 5.41 Å². The molecule has 2 N–H and O–H groups in total. The zero-order chi connectivity index (χ0) is 27.5. The highest BCUT2D eigenvalue weighted by Gasteiger charge is 2.33. The van der Waals surface area contributed by atoms with Crippen LogP contribution >= 0.6 is 11.6 Å². The number of nitrogens with zero attached hydrogens (tertiary/aromatic N) is 3. The smallest absolute Gasteiger partial charge is 0.146 e. The van der Waals surface area contributed by atoms with E-state index in [1.807, 2.05) is 42.6 Å². The molecule has 4 aromatic rings. The molecule has 3 heterocycles. The maximum atomic E-state index is 9.77. The van der Waals surface area contributed by atoms with Gasteiger partial charge in [-0.15, -0.1) is 0 Å². The summed E-state index contributed by atoms with van der Waals surface area (Å²) < 4.78 is 6.21. The molecule has 6 nitrogen and oxygen atoms in total. The van der Waals surface area contributed by atoms with Crippen molar-refractivity contribution in [3.8, 4) is 17.6 Å². The van der Waals surface area contributed by atoms with Crippen LogP contribution in [0.2, 0.25) is 5.02 Å². The van der Waals surface area contributed by atoms with Gasteiger partial charge in [0.1, 0.15) is 23.2 Å². The van der Waals surface area contributed by atoms with E-state index in [4.69, 9.17) is 16.3 Å². The maximum absolute atomic E-state index is 9.77. The Hall–Kier alpha value is -3.63. The average molecular weight is 552 g/mol. The van der Waals surface area contributed by atoms with Gasteiger partial charge in [-0.3, -0.25) is 4.90 Å². The summed E-state index contributed by atoms with van der Waals surface area (Å²) in [6.07, 6.45) is 7.66. The molecule has 1 unspecified atom stereocenters. The molecule has 1 aliphatic carbocycles. The summed E-state index contributed by atoms with van der Waals surface area (Å²) in [7, 11) is 0. The fourth-order valence-electron chi connectivity index (χ4n) is 6.11. The van der Waals surface area contributed by atoms with E-state index in [9.17, 15) is 5.26 Å². The molecule has 0 amide bonds. The summed E-state index contributed by atoms with van der Waals surface area (Å²) in [5.74, 6) is 1.19. The summed E-state index contributed by atoms with van der Waals surface area (Å²) in [6.45, 7) is 7.72. The van der Waals surface area contributed by atoms with E-state index < -0.39 is 0 Å². The van der Waals surface area contributed by atoms with Crippen molar-refractivity contribution in [3.05, 3.63) is 94.3 Å². The number of aromatic nitrogens is 2. The van der Waals surface area contributed by atoms with Crippen LogP contribution in [0, 0.1) is 16.7 Å². The van der Waals surface area contributed by atoms with Crippen LogP contribution in [0.4, 0.5) is 0 Å². The van der Waals surface area contributed by atoms with Gasteiger partial charge in [0.15, 0.2) is 0 Å². The molecule has 2 aromatic heterocycles. The number of ether oxygens (including phenoxy) is 1. The highest BCUT2D eigenvalue weighted by molar-refractivity contribution is 6.30. The summed E-state index contributed by atoms with van der Waals surface area (Å²) in [6, 6.07) is 20.5. The Morgan fingerprint density at radius 1 is 1.10 bits per heavy atom. The molecule has 0 spiro atoms. The van der Waals surface area contributed by atoms with Crippen molar-refractivity contribution in [2.75, 3.05) is 32.7 Å². The Morgan fingerprint density at radius 2 is 1.93 bits per heavy atom. The molecule has 1 atom stereocenters. The number of benzene rings is 2. The lowest BCUT2D eigenvalue weighted by Gasteiger charge is -2.39. The highest BCUT2D eigenvalue weighted by Crippen LogP contribution is 2.46. The van der Waals surface area contributed by atoms with Gasteiger partial charge < -0.3 is 15.0 Å². The predicted molar refractivity (Wildman–Crippen MR) is 161 cm³/mol. The third kappa shape index (κ3) is 5.93. The van der Waals surface area contributed by atoms with Crippen molar-refractivity contribution < 1.29 is 4.74 Å². The number of allylic oxidation sites excluding steroid dienone is 1. The van der Waals surface area contributed by atoms with E-state index in [1.54, 1.807) is 11.8 Å². The van der Waals surface area contributed by atoms with Gasteiger partial charge in [-0.1, -0.05) is 42.3 Å². The number of aromatic amines is 1. The first-order valence-corrected chi connectivity index (χ1v) is 14.4. The molecular weight excluding hydrogens is 518 g/mol. The van der Waals surface area contributed by atoms with Gasteiger partial charge in [-0.05, 0) is 84.2 Å². The number of H-pyrrole nitrogens is 1. The third-order valence-electron chi connectivity index (χ3n) is 8.28. The summed E-state index contributed by atoms with van der Waals surface area (Å²) >= 11 is 6.25. The fraction of sp³-hybridized carbons (Fsp3) is 0.333. The molecule has 1 aliphatic heterocycles. The predicted octanol–water partition coefficient (Wildman–Crippen LogP) is 6.97. The van der Waals surface area contributed by atoms with Crippen LogP contribution in [0.5, 0.6) is 11.5 Å². The Kier molecular flexibility index (Phi) is 7.62. The molecule has 7 heteroatoms. The first kappa shape index (κ1) is 26.6. The number of halogens is 1. The molecule has 0 saturated carbocycles. The molecule has 0 radical (unpaired) electrons. The maximum Gasteiger partial charge on any atom is 0.146 e. The van der Waals surface area contributed by atoms with Crippen molar-refractivity contribution in [3.63, 3.8) is 0 Å². The van der Waals surface area contributed by atoms with Gasteiger partial charge in [0.2, 0.25) is 0 Å². The minimum atomic E-state index is 0.0823. The van der Waals surface area contributed by atoms with Crippen molar-refractivity contribution in [1.29, 1.82) is 5.26 Å². The molecule has 204 valence electrons. The van der Waals surface area contributed by atoms with Crippen LogP contribution in [0.25, 0.3) is 16.6 Å². The van der Waals surface area contributed by atoms with Crippen LogP contribution in [0.3, 0.4) is 0 Å². The van der Waals surface area contributed by atoms with Crippen LogP contribution < -0.4 is 10.1 Å². The van der Waals surface area contributed by atoms with Gasteiger partial charge in [-0.2, -0.15) is 5.26 Å². The van der Waals surface area contributed by atoms with Crippen molar-refractivity contribution >= 4 is 28.2 Å². The van der Waals surface area contributed by atoms with Crippen LogP contribution in [-0.2, 0) is 6.42 Å². The standard InChI is InChI=1S/C33H34ClN5O/c1-33(10-8-27(22-39-14-12-36-13-15-39)30(19-33)24-4-6-28(34)7-5-24)18-23-2-3-26(20-35)31(16-23)40-29-17-25-9-11-37-32(25)38-21-29/h2-7,9,11,16-17,21,36H,8,10,12-15,18-19,22H2,1H3,(H,37,38). The molecule has 1 fully saturated rings. The molecule has 40 heavy (non-hydrogen) atoms. The quantitative estimate of drug-likeness (QED) is 0.259. The Labute approximate surface area is 240 Å². The molecule has 1 saturated heterocycles. The zero-order valence-electron chi connectivity index (χ0n) is 22.8. The number of nitrogens with one attached hydrogen (secondary N) is 2. The van der Waals surface area contributed by atoms with E-state index in [1.165, 1.54) is 16.7 Å². The molecule has 2 aromatic carbocycles. The zero-order valence-corrected chi connectivity index (χ0v) is 23.6. The van der Waals surface area contributed by atoms with Gasteiger partial charge in [0.05, 0.1) is 11.8 Å². The second-order valence-electron chi connectivity index (χ2n) is 11.4. The van der Waals surface area contributed by atoms with Gasteiger partial charge in [0.25, 0.3) is 0 Å². The van der Waals surface area contributed by atoms with E-state index in [0.717, 1.165) is 74.5 Å². The Morgan fingerprint density at radius 3 is 2.73 bits per heavy atom. The first-order chi connectivity index (χ1) is 19.5. The van der Waals surface area contributed by atoms with E-state index >= 15 is 0 Å². The van der Waals surface area contributed by atoms with Gasteiger partial charge in [-0.25, -0.2) is 4.98 Å². The molecular formula is C33H34ClN5O. The van der Waals surface area contributed by atoms with Crippen LogP contribution in [0.1, 0.15) is 42.9 Å². The van der Waals surface area contributed by atoms with E-state index in [-0.39, 0.29) is 5.41 Å². The number of piperazine rings is 1. The second-order valence-corrected chi connectivity index (χ2v) is 11.8. The lowest BCUT2D eigenvalue weighted by molar-refractivity contribution is 0.243. The number of pyridine rings is 1. The molecule has 2 aliphatic rings. The fourth-order valence-corrected chi connectivity index (χ4v) is 6.24. The lowest BCUT2D eigenvalue weighted by atomic mass is 9.68. The largest absolute Gasteiger partial charge is 0.454 e. The number of rotatable bonds is 7. The number of fused-ring (bicyclic) bond motifs is 1. The van der Waals surface area contributed by atoms with Gasteiger partial charge in [0, 0.05) is 49.3 Å². The monoisotopic (exact) mass is 551 g/mol. The summed E-state index contributed by atoms with van der Waals surface area (Å²) in [5.41, 5.74) is 6.88. The second kappa shape index (κ2) is 11.5. The topological polar surface area (TPSA) is 77.0 Å². The minimum absolute atomic E-state index is 0.0823. The van der Waals surface area contributed by atoms with Crippen LogP contribution in [0.15, 0.2) is 72.6 Å². The SMILES string of the molecule is CC1(Cc2ccc(C#N)c(Oc3cnc4[nH]ccc4c3)c2)CCC(CN2CCNCC2)=C(c2ccc(Cl)cc2)C1. The van der Waals surface area contributed by atoms with E-state index in [2.05, 4.69) is 51.4 Å².